The van der Waals surface area contributed by atoms with E-state index < -0.39 is 0 Å². The molecule has 3 heterocycles. The number of hydrogen-bond donors (Lipinski definition) is 1. The molecule has 0 saturated carbocycles. The molecule has 2 aliphatic rings. The smallest absolute Gasteiger partial charge is 0.254 e. The van der Waals surface area contributed by atoms with Gasteiger partial charge in [-0.15, -0.1) is 0 Å². The summed E-state index contributed by atoms with van der Waals surface area (Å²) in [6.45, 7) is 2.55. The summed E-state index contributed by atoms with van der Waals surface area (Å²) >= 11 is 0. The lowest BCUT2D eigenvalue weighted by molar-refractivity contribution is 0.0729. The van der Waals surface area contributed by atoms with Crippen molar-refractivity contribution in [2.45, 2.75) is 31.8 Å². The third-order valence-electron chi connectivity index (χ3n) is 5.25. The van der Waals surface area contributed by atoms with E-state index >= 15 is 0 Å². The zero-order valence-electron chi connectivity index (χ0n) is 15.4. The molecule has 0 unspecified atom stereocenters. The van der Waals surface area contributed by atoms with Gasteiger partial charge in [0.25, 0.3) is 5.91 Å². The van der Waals surface area contributed by atoms with Crippen molar-refractivity contribution >= 4 is 11.6 Å². The van der Waals surface area contributed by atoms with Crippen molar-refractivity contribution in [3.63, 3.8) is 0 Å². The summed E-state index contributed by atoms with van der Waals surface area (Å²) in [4.78, 5) is 26.5. The second-order valence-corrected chi connectivity index (χ2v) is 7.23. The van der Waals surface area contributed by atoms with Crippen LogP contribution in [0.3, 0.4) is 0 Å². The number of nitrogens with one attached hydrogen (secondary N) is 1. The van der Waals surface area contributed by atoms with Crippen LogP contribution >= 0.6 is 0 Å². The monoisotopic (exact) mass is 351 g/mol. The Bertz CT molecular complexity index is 820. The predicted octanol–water partition coefficient (Wildman–Crippen LogP) is 2.17. The van der Waals surface area contributed by atoms with Crippen molar-refractivity contribution in [3.05, 3.63) is 53.1 Å². The number of hydrogen-bond acceptors (Lipinski definition) is 5. The molecule has 2 aromatic rings. The summed E-state index contributed by atoms with van der Waals surface area (Å²) in [5.74, 6) is 0.861. The van der Waals surface area contributed by atoms with Gasteiger partial charge in [-0.3, -0.25) is 4.79 Å². The lowest BCUT2D eigenvalue weighted by Crippen LogP contribution is -2.32. The molecular weight excluding hydrogens is 326 g/mol. The molecule has 1 saturated heterocycles. The molecule has 0 aliphatic carbocycles. The highest BCUT2D eigenvalue weighted by Gasteiger charge is 2.33. The average Bonchev–Trinajstić information content (AvgIpc) is 3.17. The number of rotatable bonds is 3. The Labute approximate surface area is 154 Å². The van der Waals surface area contributed by atoms with Crippen LogP contribution in [0, 0.1) is 0 Å². The van der Waals surface area contributed by atoms with Crippen LogP contribution in [0.1, 0.15) is 46.3 Å². The summed E-state index contributed by atoms with van der Waals surface area (Å²) in [7, 11) is 3.97. The number of aromatic nitrogens is 2. The Morgan fingerprint density at radius 1 is 1.35 bits per heavy atom. The molecule has 4 rings (SSSR count). The fourth-order valence-corrected chi connectivity index (χ4v) is 3.77. The molecule has 0 bridgehead atoms. The van der Waals surface area contributed by atoms with E-state index in [0.29, 0.717) is 0 Å². The summed E-state index contributed by atoms with van der Waals surface area (Å²) in [5, 5.41) is 3.34. The third kappa shape index (κ3) is 3.17. The Kier molecular flexibility index (Phi) is 4.59. The lowest BCUT2D eigenvalue weighted by Gasteiger charge is -2.25. The number of benzene rings is 1. The van der Waals surface area contributed by atoms with Crippen LogP contribution in [-0.4, -0.2) is 48.0 Å². The normalized spacial score (nSPS) is 19.3. The molecule has 1 fully saturated rings. The van der Waals surface area contributed by atoms with Crippen molar-refractivity contribution in [2.24, 2.45) is 0 Å². The maximum Gasteiger partial charge on any atom is 0.254 e. The van der Waals surface area contributed by atoms with Gasteiger partial charge in [-0.25, -0.2) is 9.97 Å². The first-order valence-electron chi connectivity index (χ1n) is 9.27. The van der Waals surface area contributed by atoms with E-state index in [9.17, 15) is 4.79 Å². The molecule has 1 atom stereocenters. The second-order valence-electron chi connectivity index (χ2n) is 7.23. The van der Waals surface area contributed by atoms with Crippen molar-refractivity contribution in [1.29, 1.82) is 0 Å². The zero-order chi connectivity index (χ0) is 18.1. The first-order valence-corrected chi connectivity index (χ1v) is 9.27. The first kappa shape index (κ1) is 17.0. The fraction of sp³-hybridized carbons (Fsp3) is 0.450. The topological polar surface area (TPSA) is 61.4 Å². The van der Waals surface area contributed by atoms with Gasteiger partial charge < -0.3 is 15.1 Å². The predicted molar refractivity (Wildman–Crippen MR) is 101 cm³/mol. The number of anilines is 1. The molecule has 2 aliphatic heterocycles. The molecule has 1 aromatic carbocycles. The van der Waals surface area contributed by atoms with Gasteiger partial charge >= 0.3 is 0 Å². The molecule has 26 heavy (non-hydrogen) atoms. The van der Waals surface area contributed by atoms with E-state index in [0.717, 1.165) is 61.7 Å². The summed E-state index contributed by atoms with van der Waals surface area (Å²) in [6, 6.07) is 7.78. The Balaban J connectivity index is 1.60. The fourth-order valence-electron chi connectivity index (χ4n) is 3.77. The van der Waals surface area contributed by atoms with E-state index in [1.807, 2.05) is 54.4 Å². The quantitative estimate of drug-likeness (QED) is 0.918. The third-order valence-corrected chi connectivity index (χ3v) is 5.25. The summed E-state index contributed by atoms with van der Waals surface area (Å²) in [6.07, 6.45) is 4.77. The molecule has 1 aromatic heterocycles. The van der Waals surface area contributed by atoms with E-state index in [-0.39, 0.29) is 11.9 Å². The molecule has 0 spiro atoms. The van der Waals surface area contributed by atoms with Crippen LogP contribution in [0.25, 0.3) is 0 Å². The van der Waals surface area contributed by atoms with Crippen LogP contribution in [0.5, 0.6) is 0 Å². The minimum Gasteiger partial charge on any atom is -0.378 e. The Morgan fingerprint density at radius 2 is 2.23 bits per heavy atom. The molecule has 6 nitrogen and oxygen atoms in total. The maximum absolute atomic E-state index is 13.1. The SMILES string of the molecule is CN(C)c1cccc(C(=O)N2CCC[C@H]2c2ncc3c(n2)CCNC3)c1. The van der Waals surface area contributed by atoms with Gasteiger partial charge in [-0.05, 0) is 31.0 Å². The highest BCUT2D eigenvalue weighted by molar-refractivity contribution is 5.95. The van der Waals surface area contributed by atoms with Crippen LogP contribution in [-0.2, 0) is 13.0 Å². The Morgan fingerprint density at radius 3 is 3.08 bits per heavy atom. The summed E-state index contributed by atoms with van der Waals surface area (Å²) in [5.41, 5.74) is 4.06. The number of likely N-dealkylation sites (tertiary alicyclic amines) is 1. The number of nitrogens with zero attached hydrogens (tertiary/aromatic N) is 4. The van der Waals surface area contributed by atoms with Crippen molar-refractivity contribution in [1.82, 2.24) is 20.2 Å². The minimum atomic E-state index is -0.0225. The summed E-state index contributed by atoms with van der Waals surface area (Å²) < 4.78 is 0. The zero-order valence-corrected chi connectivity index (χ0v) is 15.4. The van der Waals surface area contributed by atoms with Crippen LogP contribution < -0.4 is 10.2 Å². The van der Waals surface area contributed by atoms with Gasteiger partial charge in [-0.2, -0.15) is 0 Å². The van der Waals surface area contributed by atoms with Gasteiger partial charge in [-0.1, -0.05) is 6.07 Å². The minimum absolute atomic E-state index is 0.0225. The first-order chi connectivity index (χ1) is 12.6. The van der Waals surface area contributed by atoms with E-state index in [4.69, 9.17) is 4.98 Å². The number of carbonyl (C=O) groups excluding carboxylic acids is 1. The van der Waals surface area contributed by atoms with Crippen LogP contribution in [0.2, 0.25) is 0 Å². The molecule has 1 amide bonds. The van der Waals surface area contributed by atoms with E-state index in [2.05, 4.69) is 10.3 Å². The number of carbonyl (C=O) groups is 1. The van der Waals surface area contributed by atoms with Crippen molar-refractivity contribution in [3.8, 4) is 0 Å². The lowest BCUT2D eigenvalue weighted by atomic mass is 10.1. The van der Waals surface area contributed by atoms with Crippen LogP contribution in [0.15, 0.2) is 30.5 Å². The Hall–Kier alpha value is -2.47. The van der Waals surface area contributed by atoms with Gasteiger partial charge in [0, 0.05) is 68.9 Å². The maximum atomic E-state index is 13.1. The van der Waals surface area contributed by atoms with E-state index in [1.165, 1.54) is 5.56 Å². The molecule has 6 heteroatoms. The van der Waals surface area contributed by atoms with E-state index in [1.54, 1.807) is 0 Å². The number of fused-ring (bicyclic) bond motifs is 1. The van der Waals surface area contributed by atoms with Gasteiger partial charge in [0.2, 0.25) is 0 Å². The molecule has 1 N–H and O–H groups in total. The highest BCUT2D eigenvalue weighted by atomic mass is 16.2. The standard InChI is InChI=1S/C20H25N5O/c1-24(2)16-6-3-5-14(11-16)20(26)25-10-4-7-18(25)19-22-13-15-12-21-9-8-17(15)23-19/h3,5-6,11,13,18,21H,4,7-10,12H2,1-2H3/t18-/m0/s1. The highest BCUT2D eigenvalue weighted by Crippen LogP contribution is 2.32. The number of amides is 1. The molecule has 0 radical (unpaired) electrons. The van der Waals surface area contributed by atoms with Crippen molar-refractivity contribution < 1.29 is 4.79 Å². The van der Waals surface area contributed by atoms with Crippen LogP contribution in [0.4, 0.5) is 5.69 Å². The molecule has 136 valence electrons. The van der Waals surface area contributed by atoms with Gasteiger partial charge in [0.1, 0.15) is 0 Å². The van der Waals surface area contributed by atoms with Crippen molar-refractivity contribution in [2.75, 3.05) is 32.1 Å². The second kappa shape index (κ2) is 7.03. The van der Waals surface area contributed by atoms with Gasteiger partial charge in [0.15, 0.2) is 5.82 Å². The van der Waals surface area contributed by atoms with Gasteiger partial charge in [0.05, 0.1) is 6.04 Å². The largest absolute Gasteiger partial charge is 0.378 e. The molecular formula is C20H25N5O. The average molecular weight is 351 g/mol.